The lowest BCUT2D eigenvalue weighted by molar-refractivity contribution is -0.671. The van der Waals surface area contributed by atoms with Crippen molar-refractivity contribution in [2.75, 3.05) is 13.2 Å². The molecule has 0 amide bonds. The molecule has 0 saturated heterocycles. The van der Waals surface area contributed by atoms with Gasteiger partial charge in [-0.15, -0.1) is 11.3 Å². The molecule has 43 heavy (non-hydrogen) atoms. The summed E-state index contributed by atoms with van der Waals surface area (Å²) >= 11 is 1.60. The topological polar surface area (TPSA) is 36.1 Å². The summed E-state index contributed by atoms with van der Waals surface area (Å²) < 4.78 is 20.1. The van der Waals surface area contributed by atoms with E-state index < -0.39 is 0 Å². The van der Waals surface area contributed by atoms with Gasteiger partial charge in [0.05, 0.1) is 50.2 Å². The molecule has 5 rings (SSSR count). The Morgan fingerprint density at radius 3 is 1.40 bits per heavy atom. The lowest BCUT2D eigenvalue weighted by Gasteiger charge is -2.05. The second-order valence-corrected chi connectivity index (χ2v) is 10.8. The summed E-state index contributed by atoms with van der Waals surface area (Å²) in [6, 6.07) is 19.9. The number of aryl methyl sites for hydroxylation is 4. The van der Waals surface area contributed by atoms with Gasteiger partial charge in [-0.2, -0.15) is 0 Å². The highest BCUT2D eigenvalue weighted by atomic mass is 79.9. The molecule has 6 nitrogen and oxygen atoms in total. The van der Waals surface area contributed by atoms with E-state index in [1.165, 1.54) is 0 Å². The predicted molar refractivity (Wildman–Crippen MR) is 161 cm³/mol. The van der Waals surface area contributed by atoms with Crippen molar-refractivity contribution >= 4 is 11.3 Å². The van der Waals surface area contributed by atoms with Crippen molar-refractivity contribution in [3.63, 3.8) is 0 Å². The first kappa shape index (κ1) is 33.7. The van der Waals surface area contributed by atoms with Gasteiger partial charge in [0.1, 0.15) is 36.3 Å². The molecule has 0 radical (unpaired) electrons. The van der Waals surface area contributed by atoms with Gasteiger partial charge >= 0.3 is 0 Å². The number of hydrogen-bond donors (Lipinski definition) is 0. The number of rotatable bonds is 10. The van der Waals surface area contributed by atoms with Crippen molar-refractivity contribution < 1.29 is 52.6 Å². The van der Waals surface area contributed by atoms with Crippen LogP contribution in [0.5, 0.6) is 11.5 Å². The third kappa shape index (κ3) is 11.1. The molecule has 0 bridgehead atoms. The number of aromatic nitrogens is 4. The average Bonchev–Trinajstić information content (AvgIpc) is 3.74. The minimum atomic E-state index is 0. The first-order chi connectivity index (χ1) is 20.1. The van der Waals surface area contributed by atoms with Gasteiger partial charge in [0.25, 0.3) is 0 Å². The van der Waals surface area contributed by atoms with Crippen LogP contribution >= 0.6 is 11.3 Å². The fourth-order valence-electron chi connectivity index (χ4n) is 4.15. The van der Waals surface area contributed by atoms with Crippen LogP contribution in [0.1, 0.15) is 33.7 Å². The summed E-state index contributed by atoms with van der Waals surface area (Å²) in [5, 5.41) is 0. The highest BCUT2D eigenvalue weighted by Crippen LogP contribution is 2.17. The molecule has 222 valence electrons. The fraction of sp³-hybridized carbons (Fsp3) is 0.235. The van der Waals surface area contributed by atoms with E-state index in [1.54, 1.807) is 11.3 Å². The highest BCUT2D eigenvalue weighted by Gasteiger charge is 2.02. The van der Waals surface area contributed by atoms with Gasteiger partial charge in [-0.3, -0.25) is 0 Å². The summed E-state index contributed by atoms with van der Waals surface area (Å²) in [5.41, 5.74) is 1.92. The third-order valence-electron chi connectivity index (χ3n) is 6.28. The van der Waals surface area contributed by atoms with E-state index in [0.717, 1.165) is 58.3 Å². The molecular weight excluding hydrogens is 688 g/mol. The van der Waals surface area contributed by atoms with Crippen molar-refractivity contribution in [1.29, 1.82) is 0 Å². The maximum Gasteiger partial charge on any atom is 0.243 e. The normalized spacial score (nSPS) is 9.91. The van der Waals surface area contributed by atoms with E-state index >= 15 is 0 Å². The number of hydrogen-bond acceptors (Lipinski definition) is 3. The Balaban J connectivity index is 0.00000253. The molecule has 3 aromatic heterocycles. The summed E-state index contributed by atoms with van der Waals surface area (Å²) in [6.07, 6.45) is 14.3. The smallest absolute Gasteiger partial charge is 0.243 e. The van der Waals surface area contributed by atoms with E-state index in [0.29, 0.717) is 13.2 Å². The van der Waals surface area contributed by atoms with Crippen molar-refractivity contribution in [3.05, 3.63) is 119 Å². The van der Waals surface area contributed by atoms with Crippen LogP contribution < -0.4 is 52.6 Å². The maximum atomic E-state index is 5.87. The second kappa shape index (κ2) is 17.4. The van der Waals surface area contributed by atoms with Gasteiger partial charge in [-0.25, -0.2) is 18.3 Å². The van der Waals surface area contributed by atoms with Gasteiger partial charge < -0.3 is 43.4 Å². The second-order valence-electron chi connectivity index (χ2n) is 9.75. The van der Waals surface area contributed by atoms with Crippen molar-refractivity contribution in [2.45, 2.75) is 25.9 Å². The number of ether oxygens (including phenoxy) is 2. The zero-order valence-electron chi connectivity index (χ0n) is 24.2. The van der Waals surface area contributed by atoms with E-state index in [1.807, 2.05) is 96.3 Å². The van der Waals surface area contributed by atoms with Crippen molar-refractivity contribution in [3.8, 4) is 35.2 Å². The van der Waals surface area contributed by atoms with Gasteiger partial charge in [0.15, 0.2) is 0 Å². The van der Waals surface area contributed by atoms with Crippen LogP contribution in [0.15, 0.2) is 98.1 Å². The van der Waals surface area contributed by atoms with Gasteiger partial charge in [0.2, 0.25) is 12.7 Å². The molecule has 9 heteroatoms. The third-order valence-corrected chi connectivity index (χ3v) is 7.20. The number of thiophene rings is 1. The quantitative estimate of drug-likeness (QED) is 0.103. The number of nitrogens with zero attached hydrogens (tertiary/aromatic N) is 4. The van der Waals surface area contributed by atoms with E-state index in [9.17, 15) is 0 Å². The SMILES string of the molecule is C[n+]1ccn(CCCOc2ccc(C#Cc3ccc(C#Cc4ccc(OCCCn5cc[n+](C)c5)cc4)s3)cc2)c1.[Br-].[Br-]. The van der Waals surface area contributed by atoms with Crippen LogP contribution in [0.3, 0.4) is 0 Å². The zero-order chi connectivity index (χ0) is 28.3. The molecule has 0 aliphatic carbocycles. The molecule has 5 aromatic rings. The Kier molecular flexibility index (Phi) is 13.6. The molecule has 0 aliphatic heterocycles. The van der Waals surface area contributed by atoms with E-state index in [4.69, 9.17) is 9.47 Å². The fourth-order valence-corrected chi connectivity index (χ4v) is 4.86. The monoisotopic (exact) mass is 720 g/mol. The number of imidazole rings is 2. The lowest BCUT2D eigenvalue weighted by atomic mass is 10.2. The van der Waals surface area contributed by atoms with E-state index in [-0.39, 0.29) is 34.0 Å². The van der Waals surface area contributed by atoms with Crippen LogP contribution in [-0.2, 0) is 27.2 Å². The van der Waals surface area contributed by atoms with Crippen LogP contribution in [0.2, 0.25) is 0 Å². The standard InChI is InChI=1S/C34H34N4O2S.2BrH/c1-35-21-23-37(27-35)19-3-25-39-31-11-5-29(6-12-31)9-15-33-17-18-34(41-33)16-10-30-7-13-32(14-8-30)40-26-4-20-38-24-22-36(2)28-38;;/h5-8,11-14,17-18,21-24,27-28H,3-4,19-20,25-26H2,1-2H3;2*1H/q+2;;/p-2. The zero-order valence-corrected chi connectivity index (χ0v) is 28.2. The Hall–Kier alpha value is -3.76. The lowest BCUT2D eigenvalue weighted by Crippen LogP contribution is -3.00. The van der Waals surface area contributed by atoms with Gasteiger partial charge in [-0.1, -0.05) is 23.7 Å². The first-order valence-corrected chi connectivity index (χ1v) is 14.5. The summed E-state index contributed by atoms with van der Waals surface area (Å²) in [4.78, 5) is 1.98. The molecule has 0 fully saturated rings. The molecule has 0 spiro atoms. The Bertz CT molecular complexity index is 1560. The molecule has 0 saturated carbocycles. The van der Waals surface area contributed by atoms with Gasteiger partial charge in [0, 0.05) is 24.0 Å². The van der Waals surface area contributed by atoms with Crippen LogP contribution in [-0.4, -0.2) is 22.3 Å². The van der Waals surface area contributed by atoms with Crippen LogP contribution in [0.4, 0.5) is 0 Å². The minimum absolute atomic E-state index is 0. The van der Waals surface area contributed by atoms with Crippen molar-refractivity contribution in [2.24, 2.45) is 14.1 Å². The predicted octanol–water partition coefficient (Wildman–Crippen LogP) is -1.25. The van der Waals surface area contributed by atoms with Crippen LogP contribution in [0, 0.1) is 23.7 Å². The maximum absolute atomic E-state index is 5.87. The molecule has 0 aliphatic rings. The molecule has 3 heterocycles. The molecule has 0 atom stereocenters. The first-order valence-electron chi connectivity index (χ1n) is 13.7. The molecule has 2 aromatic carbocycles. The molecule has 0 unspecified atom stereocenters. The Morgan fingerprint density at radius 1 is 0.605 bits per heavy atom. The van der Waals surface area contributed by atoms with Crippen LogP contribution in [0.25, 0.3) is 0 Å². The minimum Gasteiger partial charge on any atom is -1.00 e. The van der Waals surface area contributed by atoms with E-state index in [2.05, 4.69) is 57.9 Å². The van der Waals surface area contributed by atoms with Gasteiger partial charge in [-0.05, 0) is 60.7 Å². The molecule has 0 N–H and O–H groups in total. The Labute approximate surface area is 279 Å². The molecular formula is C34H34Br2N4O2S. The largest absolute Gasteiger partial charge is 1.00 e. The number of benzene rings is 2. The van der Waals surface area contributed by atoms with Crippen molar-refractivity contribution in [1.82, 2.24) is 9.13 Å². The Morgan fingerprint density at radius 2 is 1.02 bits per heavy atom. The summed E-state index contributed by atoms with van der Waals surface area (Å²) in [6.45, 7) is 3.24. The highest BCUT2D eigenvalue weighted by molar-refractivity contribution is 7.13. The number of halogens is 2. The summed E-state index contributed by atoms with van der Waals surface area (Å²) in [5.74, 6) is 14.7. The summed E-state index contributed by atoms with van der Waals surface area (Å²) in [7, 11) is 4.05. The average molecular weight is 723 g/mol.